The molecule has 0 bridgehead atoms. The van der Waals surface area contributed by atoms with Crippen LogP contribution in [0.5, 0.6) is 0 Å². The van der Waals surface area contributed by atoms with Crippen LogP contribution in [-0.2, 0) is 18.7 Å². The highest BCUT2D eigenvalue weighted by atomic mass is 32.2. The van der Waals surface area contributed by atoms with Crippen molar-refractivity contribution in [3.63, 3.8) is 0 Å². The molecule has 1 N–H and O–H groups in total. The summed E-state index contributed by atoms with van der Waals surface area (Å²) < 4.78 is 0. The quantitative estimate of drug-likeness (QED) is 0.585. The fraction of sp³-hybridized carbons (Fsp3) is 0.250. The minimum absolute atomic E-state index is 0.0541. The maximum absolute atomic E-state index is 13.3. The second-order valence-electron chi connectivity index (χ2n) is 7.78. The zero-order chi connectivity index (χ0) is 21.4. The standard InChI is InChI=1S/C24H24N4OS2/c1-3-17-7-9-18(10-8-17)14-27-22(29)21-20(11-12-30-21)28-23(27)25-26-24(28)31-15-19-6-4-5-16(2)13-19/h4-13,23,25H,3,14-15H2,1-2H3. The van der Waals surface area contributed by atoms with Crippen molar-refractivity contribution in [3.05, 3.63) is 87.1 Å². The van der Waals surface area contributed by atoms with Crippen molar-refractivity contribution in [3.8, 4) is 0 Å². The number of amides is 1. The molecule has 3 aromatic rings. The number of aryl methyl sites for hydroxylation is 2. The number of hydrogen-bond donors (Lipinski definition) is 1. The van der Waals surface area contributed by atoms with Crippen molar-refractivity contribution in [2.24, 2.45) is 5.10 Å². The highest BCUT2D eigenvalue weighted by molar-refractivity contribution is 8.13. The lowest BCUT2D eigenvalue weighted by molar-refractivity contribution is 0.0629. The lowest BCUT2D eigenvalue weighted by atomic mass is 10.1. The molecule has 1 atom stereocenters. The van der Waals surface area contributed by atoms with Gasteiger partial charge in [-0.2, -0.15) is 5.10 Å². The number of thiophene rings is 1. The Morgan fingerprint density at radius 2 is 1.90 bits per heavy atom. The van der Waals surface area contributed by atoms with Crippen molar-refractivity contribution in [2.45, 2.75) is 38.9 Å². The summed E-state index contributed by atoms with van der Waals surface area (Å²) in [5.41, 5.74) is 9.10. The lowest BCUT2D eigenvalue weighted by Gasteiger charge is -2.39. The van der Waals surface area contributed by atoms with E-state index in [1.807, 2.05) is 16.3 Å². The Hall–Kier alpha value is -2.77. The Kier molecular flexibility index (Phi) is 5.46. The number of hydrazone groups is 1. The van der Waals surface area contributed by atoms with Gasteiger partial charge in [0.15, 0.2) is 5.17 Å². The van der Waals surface area contributed by atoms with Gasteiger partial charge in [0.25, 0.3) is 5.91 Å². The first kappa shape index (κ1) is 20.2. The van der Waals surface area contributed by atoms with E-state index >= 15 is 0 Å². The maximum atomic E-state index is 13.3. The Morgan fingerprint density at radius 3 is 2.68 bits per heavy atom. The molecule has 0 radical (unpaired) electrons. The van der Waals surface area contributed by atoms with Crippen LogP contribution < -0.4 is 10.3 Å². The van der Waals surface area contributed by atoms with Gasteiger partial charge in [0.1, 0.15) is 4.88 Å². The van der Waals surface area contributed by atoms with Crippen LogP contribution in [0.25, 0.3) is 0 Å². The molecule has 1 unspecified atom stereocenters. The van der Waals surface area contributed by atoms with E-state index in [0.717, 1.165) is 33.5 Å². The van der Waals surface area contributed by atoms with E-state index in [9.17, 15) is 4.79 Å². The second kappa shape index (κ2) is 8.40. The molecule has 2 aliphatic rings. The number of anilines is 1. The average molecular weight is 449 g/mol. The third-order valence-corrected chi connectivity index (χ3v) is 7.53. The second-order valence-corrected chi connectivity index (χ2v) is 9.64. The van der Waals surface area contributed by atoms with Gasteiger partial charge in [-0.3, -0.25) is 20.0 Å². The van der Waals surface area contributed by atoms with Gasteiger partial charge in [0.2, 0.25) is 6.29 Å². The number of fused-ring (bicyclic) bond motifs is 3. The van der Waals surface area contributed by atoms with E-state index in [0.29, 0.717) is 6.54 Å². The average Bonchev–Trinajstić information content (AvgIpc) is 3.43. The number of hydrogen-bond acceptors (Lipinski definition) is 6. The molecule has 3 heterocycles. The van der Waals surface area contributed by atoms with Crippen molar-refractivity contribution < 1.29 is 4.79 Å². The molecule has 158 valence electrons. The molecule has 0 fully saturated rings. The Labute approximate surface area is 190 Å². The normalized spacial score (nSPS) is 17.3. The topological polar surface area (TPSA) is 47.9 Å². The number of carbonyl (C=O) groups excluding carboxylic acids is 1. The van der Waals surface area contributed by atoms with Gasteiger partial charge >= 0.3 is 0 Å². The number of rotatable bonds is 5. The van der Waals surface area contributed by atoms with E-state index in [1.54, 1.807) is 11.8 Å². The minimum Gasteiger partial charge on any atom is -0.294 e. The predicted octanol–water partition coefficient (Wildman–Crippen LogP) is 5.17. The van der Waals surface area contributed by atoms with Crippen molar-refractivity contribution in [2.75, 3.05) is 4.90 Å². The van der Waals surface area contributed by atoms with Crippen LogP contribution in [0, 0.1) is 6.92 Å². The summed E-state index contributed by atoms with van der Waals surface area (Å²) in [6, 6.07) is 19.1. The smallest absolute Gasteiger partial charge is 0.269 e. The van der Waals surface area contributed by atoms with Crippen LogP contribution in [0.4, 0.5) is 5.69 Å². The number of thioether (sulfide) groups is 1. The molecule has 5 nitrogen and oxygen atoms in total. The van der Waals surface area contributed by atoms with Crippen molar-refractivity contribution >= 4 is 39.9 Å². The molecule has 0 aliphatic carbocycles. The Bertz CT molecular complexity index is 1140. The molecule has 0 saturated heterocycles. The number of amidine groups is 1. The Balaban J connectivity index is 1.39. The molecule has 0 spiro atoms. The zero-order valence-electron chi connectivity index (χ0n) is 17.5. The summed E-state index contributed by atoms with van der Waals surface area (Å²) >= 11 is 3.19. The van der Waals surface area contributed by atoms with Gasteiger partial charge in [-0.1, -0.05) is 72.8 Å². The summed E-state index contributed by atoms with van der Waals surface area (Å²) in [7, 11) is 0. The first-order valence-corrected chi connectivity index (χ1v) is 12.3. The Morgan fingerprint density at radius 1 is 1.10 bits per heavy atom. The van der Waals surface area contributed by atoms with Gasteiger partial charge in [0.05, 0.1) is 5.69 Å². The van der Waals surface area contributed by atoms with E-state index in [2.05, 4.69) is 77.8 Å². The third kappa shape index (κ3) is 3.83. The number of nitrogens with zero attached hydrogens (tertiary/aromatic N) is 3. The fourth-order valence-electron chi connectivity index (χ4n) is 3.95. The molecule has 0 saturated carbocycles. The maximum Gasteiger partial charge on any atom is 0.269 e. The van der Waals surface area contributed by atoms with Gasteiger partial charge < -0.3 is 0 Å². The van der Waals surface area contributed by atoms with Crippen LogP contribution in [0.1, 0.15) is 38.8 Å². The zero-order valence-corrected chi connectivity index (χ0v) is 19.2. The minimum atomic E-state index is -0.305. The first-order valence-electron chi connectivity index (χ1n) is 10.4. The first-order chi connectivity index (χ1) is 15.1. The van der Waals surface area contributed by atoms with E-state index in [-0.39, 0.29) is 12.2 Å². The van der Waals surface area contributed by atoms with E-state index in [4.69, 9.17) is 0 Å². The third-order valence-electron chi connectivity index (χ3n) is 5.62. The largest absolute Gasteiger partial charge is 0.294 e. The summed E-state index contributed by atoms with van der Waals surface area (Å²) in [5.74, 6) is 0.885. The molecule has 31 heavy (non-hydrogen) atoms. The van der Waals surface area contributed by atoms with Gasteiger partial charge in [-0.05, 0) is 41.5 Å². The summed E-state index contributed by atoms with van der Waals surface area (Å²) in [6.07, 6.45) is 0.704. The van der Waals surface area contributed by atoms with Crippen LogP contribution in [0.15, 0.2) is 65.1 Å². The van der Waals surface area contributed by atoms with Crippen LogP contribution in [-0.4, -0.2) is 22.3 Å². The molecule has 1 amide bonds. The molecule has 1 aromatic heterocycles. The van der Waals surface area contributed by atoms with Gasteiger partial charge in [0, 0.05) is 12.3 Å². The van der Waals surface area contributed by atoms with Crippen molar-refractivity contribution in [1.29, 1.82) is 0 Å². The van der Waals surface area contributed by atoms with E-state index in [1.165, 1.54) is 28.0 Å². The molecule has 2 aromatic carbocycles. The molecule has 2 aliphatic heterocycles. The molecular formula is C24H24N4OS2. The SMILES string of the molecule is CCc1ccc(CN2C(=O)c3sccc3N3C(SCc4cccc(C)c4)=NNC23)cc1. The highest BCUT2D eigenvalue weighted by Gasteiger charge is 2.43. The van der Waals surface area contributed by atoms with Crippen LogP contribution in [0.3, 0.4) is 0 Å². The van der Waals surface area contributed by atoms with Crippen LogP contribution >= 0.6 is 23.1 Å². The monoisotopic (exact) mass is 448 g/mol. The molecule has 5 rings (SSSR count). The number of carbonyl (C=O) groups is 1. The van der Waals surface area contributed by atoms with Crippen molar-refractivity contribution in [1.82, 2.24) is 10.3 Å². The molecule has 7 heteroatoms. The highest BCUT2D eigenvalue weighted by Crippen LogP contribution is 2.39. The lowest BCUT2D eigenvalue weighted by Crippen LogP contribution is -2.57. The summed E-state index contributed by atoms with van der Waals surface area (Å²) in [6.45, 7) is 4.80. The predicted molar refractivity (Wildman–Crippen MR) is 129 cm³/mol. The fourth-order valence-corrected chi connectivity index (χ4v) is 5.72. The number of nitrogens with one attached hydrogen (secondary N) is 1. The van der Waals surface area contributed by atoms with Crippen LogP contribution in [0.2, 0.25) is 0 Å². The summed E-state index contributed by atoms with van der Waals surface area (Å²) in [4.78, 5) is 18.1. The van der Waals surface area contributed by atoms with Gasteiger partial charge in [-0.25, -0.2) is 0 Å². The van der Waals surface area contributed by atoms with Gasteiger partial charge in [-0.15, -0.1) is 11.3 Å². The summed E-state index contributed by atoms with van der Waals surface area (Å²) in [5, 5.41) is 7.50. The molecular weight excluding hydrogens is 424 g/mol. The number of benzene rings is 2. The van der Waals surface area contributed by atoms with E-state index < -0.39 is 0 Å².